The van der Waals surface area contributed by atoms with Crippen LogP contribution in [0.4, 0.5) is 0 Å². The lowest BCUT2D eigenvalue weighted by atomic mass is 10.1. The molecule has 0 saturated carbocycles. The average molecular weight is 522 g/mol. The maximum atomic E-state index is 12.6. The van der Waals surface area contributed by atoms with Crippen molar-refractivity contribution >= 4 is 27.5 Å². The maximum absolute atomic E-state index is 12.6. The summed E-state index contributed by atoms with van der Waals surface area (Å²) in [4.78, 5) is 19.4. The van der Waals surface area contributed by atoms with E-state index < -0.39 is 0 Å². The summed E-state index contributed by atoms with van der Waals surface area (Å²) in [6.07, 6.45) is 0. The van der Waals surface area contributed by atoms with E-state index in [1.54, 1.807) is 44.8 Å². The third-order valence-electron chi connectivity index (χ3n) is 5.66. The predicted octanol–water partition coefficient (Wildman–Crippen LogP) is 4.75. The number of aromatic nitrogens is 1. The van der Waals surface area contributed by atoms with E-state index in [1.165, 1.54) is 0 Å². The number of nitrogens with zero attached hydrogens (tertiary/aromatic N) is 2. The number of methoxy groups -OCH3 is 3. The van der Waals surface area contributed by atoms with Gasteiger partial charge in [-0.25, -0.2) is 4.98 Å². The Morgan fingerprint density at radius 1 is 0.946 bits per heavy atom. The first-order chi connectivity index (χ1) is 17.9. The molecule has 1 N–H and O–H groups in total. The summed E-state index contributed by atoms with van der Waals surface area (Å²) in [5, 5.41) is 3.84. The molecular weight excluding hydrogens is 490 g/mol. The van der Waals surface area contributed by atoms with Gasteiger partial charge in [0, 0.05) is 24.2 Å². The lowest BCUT2D eigenvalue weighted by Gasteiger charge is -2.16. The first-order valence-electron chi connectivity index (χ1n) is 11.7. The molecule has 0 unspecified atom stereocenters. The number of thiazole rings is 1. The van der Waals surface area contributed by atoms with Crippen molar-refractivity contribution in [1.29, 1.82) is 0 Å². The minimum absolute atomic E-state index is 0.106. The first kappa shape index (κ1) is 26.2. The second-order valence-electron chi connectivity index (χ2n) is 8.65. The Hall–Kier alpha value is -3.82. The van der Waals surface area contributed by atoms with Crippen molar-refractivity contribution in [2.45, 2.75) is 13.1 Å². The Morgan fingerprint density at radius 2 is 1.68 bits per heavy atom. The highest BCUT2D eigenvalue weighted by atomic mass is 32.1. The van der Waals surface area contributed by atoms with Crippen LogP contribution in [0.25, 0.3) is 20.8 Å². The number of fused-ring (bicyclic) bond motifs is 1. The van der Waals surface area contributed by atoms with Crippen molar-refractivity contribution in [3.05, 3.63) is 65.7 Å². The van der Waals surface area contributed by atoms with Gasteiger partial charge in [0.2, 0.25) is 5.75 Å². The minimum atomic E-state index is -0.236. The Labute approximate surface area is 220 Å². The molecule has 1 aromatic heterocycles. The van der Waals surface area contributed by atoms with E-state index in [2.05, 4.69) is 22.3 Å². The highest BCUT2D eigenvalue weighted by Crippen LogP contribution is 2.38. The van der Waals surface area contributed by atoms with Gasteiger partial charge in [-0.05, 0) is 62.1 Å². The fourth-order valence-electron chi connectivity index (χ4n) is 3.95. The Morgan fingerprint density at radius 3 is 2.32 bits per heavy atom. The molecule has 8 nitrogen and oxygen atoms in total. The van der Waals surface area contributed by atoms with Gasteiger partial charge in [-0.1, -0.05) is 12.1 Å². The fourth-order valence-corrected chi connectivity index (χ4v) is 4.91. The molecule has 194 valence electrons. The molecule has 0 saturated heterocycles. The third-order valence-corrected chi connectivity index (χ3v) is 6.75. The van der Waals surface area contributed by atoms with Gasteiger partial charge in [-0.15, -0.1) is 11.3 Å². The molecule has 4 rings (SSSR count). The normalized spacial score (nSPS) is 11.0. The largest absolute Gasteiger partial charge is 0.493 e. The Balaban J connectivity index is 1.44. The van der Waals surface area contributed by atoms with Gasteiger partial charge in [-0.2, -0.15) is 0 Å². The monoisotopic (exact) mass is 521 g/mol. The second-order valence-corrected chi connectivity index (χ2v) is 9.68. The smallest absolute Gasteiger partial charge is 0.258 e. The SMILES string of the molecule is COc1cc(CNC(=O)COc2ccc(-c3nc4ccccc4s3)cc2CN(C)C)cc(OC)c1OC. The van der Waals surface area contributed by atoms with E-state index in [-0.39, 0.29) is 12.5 Å². The number of para-hydroxylation sites is 1. The van der Waals surface area contributed by atoms with Gasteiger partial charge < -0.3 is 29.2 Å². The first-order valence-corrected chi connectivity index (χ1v) is 12.6. The zero-order valence-electron chi connectivity index (χ0n) is 21.7. The van der Waals surface area contributed by atoms with Crippen LogP contribution in [0.3, 0.4) is 0 Å². The van der Waals surface area contributed by atoms with Crippen LogP contribution >= 0.6 is 11.3 Å². The molecule has 4 aromatic rings. The fraction of sp³-hybridized carbons (Fsp3) is 0.286. The van der Waals surface area contributed by atoms with Crippen LogP contribution in [0, 0.1) is 0 Å². The Bertz CT molecular complexity index is 1330. The lowest BCUT2D eigenvalue weighted by molar-refractivity contribution is -0.123. The Kier molecular flexibility index (Phi) is 8.47. The summed E-state index contributed by atoms with van der Waals surface area (Å²) in [5.41, 5.74) is 3.81. The number of hydrogen-bond acceptors (Lipinski definition) is 8. The van der Waals surface area contributed by atoms with Gasteiger partial charge in [0.25, 0.3) is 5.91 Å². The highest BCUT2D eigenvalue weighted by Gasteiger charge is 2.15. The van der Waals surface area contributed by atoms with Gasteiger partial charge in [0.05, 0.1) is 31.5 Å². The number of carbonyl (C=O) groups excluding carboxylic acids is 1. The number of rotatable bonds is 11. The average Bonchev–Trinajstić information content (AvgIpc) is 3.34. The van der Waals surface area contributed by atoms with E-state index in [4.69, 9.17) is 23.9 Å². The lowest BCUT2D eigenvalue weighted by Crippen LogP contribution is -2.28. The second kappa shape index (κ2) is 11.9. The van der Waals surface area contributed by atoms with Crippen LogP contribution in [0.1, 0.15) is 11.1 Å². The molecule has 0 spiro atoms. The van der Waals surface area contributed by atoms with Crippen molar-refractivity contribution in [1.82, 2.24) is 15.2 Å². The molecule has 1 amide bonds. The maximum Gasteiger partial charge on any atom is 0.258 e. The third kappa shape index (κ3) is 6.31. The van der Waals surface area contributed by atoms with Crippen LogP contribution in [0.15, 0.2) is 54.6 Å². The number of nitrogens with one attached hydrogen (secondary N) is 1. The summed E-state index contributed by atoms with van der Waals surface area (Å²) in [6, 6.07) is 17.7. The van der Waals surface area contributed by atoms with Crippen molar-refractivity contribution in [3.63, 3.8) is 0 Å². The van der Waals surface area contributed by atoms with Crippen LogP contribution in [-0.4, -0.2) is 57.8 Å². The van der Waals surface area contributed by atoms with Crippen molar-refractivity contribution in [2.75, 3.05) is 42.0 Å². The van der Waals surface area contributed by atoms with Crippen LogP contribution in [-0.2, 0) is 17.9 Å². The van der Waals surface area contributed by atoms with Gasteiger partial charge in [0.15, 0.2) is 18.1 Å². The molecule has 0 aliphatic heterocycles. The van der Waals surface area contributed by atoms with Gasteiger partial charge in [0.1, 0.15) is 10.8 Å². The van der Waals surface area contributed by atoms with Crippen molar-refractivity contribution < 1.29 is 23.7 Å². The van der Waals surface area contributed by atoms with Crippen LogP contribution in [0.5, 0.6) is 23.0 Å². The van der Waals surface area contributed by atoms with Crippen molar-refractivity contribution in [2.24, 2.45) is 0 Å². The number of amides is 1. The molecule has 0 radical (unpaired) electrons. The minimum Gasteiger partial charge on any atom is -0.493 e. The quantitative estimate of drug-likeness (QED) is 0.305. The van der Waals surface area contributed by atoms with E-state index in [1.807, 2.05) is 44.4 Å². The summed E-state index contributed by atoms with van der Waals surface area (Å²) in [7, 11) is 8.66. The molecule has 0 bridgehead atoms. The van der Waals surface area contributed by atoms with E-state index >= 15 is 0 Å². The molecule has 9 heteroatoms. The standard InChI is InChI=1S/C28H31N3O5S/c1-31(2)16-20-14-19(28-30-21-8-6-7-9-25(21)37-28)10-11-22(20)36-17-26(32)29-15-18-12-23(33-3)27(35-5)24(13-18)34-4/h6-14H,15-17H2,1-5H3,(H,29,32). The van der Waals surface area contributed by atoms with E-state index in [0.717, 1.165) is 31.9 Å². The molecule has 1 heterocycles. The van der Waals surface area contributed by atoms with Gasteiger partial charge in [-0.3, -0.25) is 4.79 Å². The summed E-state index contributed by atoms with van der Waals surface area (Å²) in [5.74, 6) is 2.00. The molecule has 0 fully saturated rings. The topological polar surface area (TPSA) is 82.2 Å². The van der Waals surface area contributed by atoms with Crippen LogP contribution in [0.2, 0.25) is 0 Å². The van der Waals surface area contributed by atoms with E-state index in [0.29, 0.717) is 36.1 Å². The number of hydrogen-bond donors (Lipinski definition) is 1. The van der Waals surface area contributed by atoms with Gasteiger partial charge >= 0.3 is 0 Å². The molecule has 37 heavy (non-hydrogen) atoms. The highest BCUT2D eigenvalue weighted by molar-refractivity contribution is 7.21. The number of carbonyl (C=O) groups is 1. The predicted molar refractivity (Wildman–Crippen MR) is 146 cm³/mol. The summed E-state index contributed by atoms with van der Waals surface area (Å²) in [6.45, 7) is 0.854. The number of ether oxygens (including phenoxy) is 4. The molecule has 0 aliphatic rings. The van der Waals surface area contributed by atoms with Crippen LogP contribution < -0.4 is 24.3 Å². The number of benzene rings is 3. The molecule has 0 aliphatic carbocycles. The molecule has 0 atom stereocenters. The molecular formula is C28H31N3O5S. The van der Waals surface area contributed by atoms with Crippen molar-refractivity contribution in [3.8, 4) is 33.6 Å². The summed E-state index contributed by atoms with van der Waals surface area (Å²) >= 11 is 1.66. The zero-order valence-corrected chi connectivity index (χ0v) is 22.5. The zero-order chi connectivity index (χ0) is 26.4. The summed E-state index contributed by atoms with van der Waals surface area (Å²) < 4.78 is 23.2. The molecule has 3 aromatic carbocycles. The van der Waals surface area contributed by atoms with E-state index in [9.17, 15) is 4.79 Å².